The molecule has 2 aromatic carbocycles. The van der Waals surface area contributed by atoms with Crippen molar-refractivity contribution in [2.75, 3.05) is 5.32 Å². The maximum Gasteiger partial charge on any atom is 0.251 e. The molecule has 2 N–H and O–H groups in total. The van der Waals surface area contributed by atoms with Crippen molar-refractivity contribution in [2.24, 2.45) is 0 Å². The van der Waals surface area contributed by atoms with E-state index in [2.05, 4.69) is 15.3 Å². The van der Waals surface area contributed by atoms with Gasteiger partial charge in [-0.1, -0.05) is 36.9 Å². The number of rotatable bonds is 8. The van der Waals surface area contributed by atoms with Crippen LogP contribution in [0.25, 0.3) is 0 Å². The highest BCUT2D eigenvalue weighted by molar-refractivity contribution is 8.00. The monoisotopic (exact) mass is 429 g/mol. The van der Waals surface area contributed by atoms with Crippen molar-refractivity contribution in [3.05, 3.63) is 82.5 Å². The number of carbonyl (C=O) groups is 1. The van der Waals surface area contributed by atoms with Crippen molar-refractivity contribution in [1.29, 1.82) is 0 Å². The number of hydrogen-bond donors (Lipinski definition) is 2. The van der Waals surface area contributed by atoms with Crippen molar-refractivity contribution < 1.29 is 9.18 Å². The van der Waals surface area contributed by atoms with Gasteiger partial charge < -0.3 is 10.3 Å². The molecule has 3 aromatic rings. The Balaban J connectivity index is 1.66. The summed E-state index contributed by atoms with van der Waals surface area (Å²) < 4.78 is 13.0. The maximum atomic E-state index is 13.0. The Hall–Kier alpha value is -2.58. The number of aromatic nitrogens is 2. The van der Waals surface area contributed by atoms with E-state index in [-0.39, 0.29) is 17.3 Å². The lowest BCUT2D eigenvalue weighted by molar-refractivity contribution is -0.115. The Morgan fingerprint density at radius 1 is 1.17 bits per heavy atom. The molecular formula is C21H20FN3O2S2. The number of nitrogens with zero attached hydrogens (tertiary/aromatic N) is 1. The second-order valence-corrected chi connectivity index (χ2v) is 8.39. The van der Waals surface area contributed by atoms with E-state index in [9.17, 15) is 14.0 Å². The second kappa shape index (κ2) is 10.3. The van der Waals surface area contributed by atoms with Crippen LogP contribution in [-0.4, -0.2) is 21.1 Å². The van der Waals surface area contributed by atoms with Crippen molar-refractivity contribution in [3.8, 4) is 0 Å². The quantitative estimate of drug-likeness (QED) is 0.401. The van der Waals surface area contributed by atoms with Gasteiger partial charge >= 0.3 is 0 Å². The van der Waals surface area contributed by atoms with Crippen LogP contribution in [0.15, 0.2) is 75.5 Å². The van der Waals surface area contributed by atoms with E-state index in [4.69, 9.17) is 0 Å². The van der Waals surface area contributed by atoms with Gasteiger partial charge in [-0.25, -0.2) is 9.37 Å². The van der Waals surface area contributed by atoms with Crippen LogP contribution in [0.4, 0.5) is 10.1 Å². The summed E-state index contributed by atoms with van der Waals surface area (Å²) in [5.74, 6) is -0.0349. The molecule has 1 amide bonds. The number of anilines is 1. The Bertz CT molecular complexity index is 1010. The van der Waals surface area contributed by atoms with Crippen LogP contribution in [0.1, 0.15) is 19.0 Å². The molecule has 29 heavy (non-hydrogen) atoms. The van der Waals surface area contributed by atoms with Gasteiger partial charge in [-0.15, -0.1) is 11.8 Å². The molecule has 150 valence electrons. The summed E-state index contributed by atoms with van der Waals surface area (Å²) in [7, 11) is 0. The minimum Gasteiger partial charge on any atom is -0.325 e. The molecule has 1 unspecified atom stereocenters. The molecule has 3 rings (SSSR count). The fourth-order valence-corrected chi connectivity index (χ4v) is 4.24. The van der Waals surface area contributed by atoms with Gasteiger partial charge in [-0.2, -0.15) is 0 Å². The van der Waals surface area contributed by atoms with Crippen molar-refractivity contribution >= 4 is 35.1 Å². The van der Waals surface area contributed by atoms with Gasteiger partial charge in [-0.3, -0.25) is 9.59 Å². The lowest BCUT2D eigenvalue weighted by Crippen LogP contribution is -2.25. The zero-order chi connectivity index (χ0) is 20.6. The molecule has 0 aliphatic heterocycles. The number of benzene rings is 2. The van der Waals surface area contributed by atoms with Crippen LogP contribution in [0.5, 0.6) is 0 Å². The first-order valence-electron chi connectivity index (χ1n) is 9.04. The summed E-state index contributed by atoms with van der Waals surface area (Å²) in [5.41, 5.74) is 0.920. The first kappa shape index (κ1) is 21.1. The molecule has 0 saturated heterocycles. The highest BCUT2D eigenvalue weighted by atomic mass is 32.2. The molecule has 8 heteroatoms. The van der Waals surface area contributed by atoms with Gasteiger partial charge in [0, 0.05) is 22.4 Å². The Kier molecular flexibility index (Phi) is 7.48. The molecule has 1 aromatic heterocycles. The van der Waals surface area contributed by atoms with E-state index in [1.807, 2.05) is 37.3 Å². The molecule has 0 radical (unpaired) electrons. The first-order valence-corrected chi connectivity index (χ1v) is 10.9. The van der Waals surface area contributed by atoms with Gasteiger partial charge in [0.2, 0.25) is 5.91 Å². The highest BCUT2D eigenvalue weighted by Gasteiger charge is 2.20. The second-order valence-electron chi connectivity index (χ2n) is 6.15. The molecule has 5 nitrogen and oxygen atoms in total. The van der Waals surface area contributed by atoms with Gasteiger partial charge in [0.05, 0.1) is 10.9 Å². The van der Waals surface area contributed by atoms with E-state index in [0.29, 0.717) is 28.7 Å². The zero-order valence-electron chi connectivity index (χ0n) is 15.7. The molecule has 1 heterocycles. The summed E-state index contributed by atoms with van der Waals surface area (Å²) in [6.45, 7) is 1.88. The summed E-state index contributed by atoms with van der Waals surface area (Å²) in [6.07, 6.45) is 0.546. The standard InChI is InChI=1S/C21H20FN3O2S2/c1-2-18(20(27)23-15-10-8-14(22)9-11-15)29-21-24-16(12-19(26)25-21)13-28-17-6-4-3-5-7-17/h3-12,18H,2,13H2,1H3,(H,23,27)(H,24,25,26). The average molecular weight is 430 g/mol. The minimum absolute atomic E-state index is 0.226. The third-order valence-corrected chi connectivity index (χ3v) is 6.23. The molecule has 0 fully saturated rings. The predicted molar refractivity (Wildman–Crippen MR) is 116 cm³/mol. The van der Waals surface area contributed by atoms with Crippen LogP contribution >= 0.6 is 23.5 Å². The maximum absolute atomic E-state index is 13.0. The Labute approximate surface area is 176 Å². The van der Waals surface area contributed by atoms with Crippen LogP contribution in [-0.2, 0) is 10.5 Å². The average Bonchev–Trinajstić information content (AvgIpc) is 2.72. The number of thioether (sulfide) groups is 2. The number of carbonyl (C=O) groups excluding carboxylic acids is 1. The third-order valence-electron chi connectivity index (χ3n) is 3.93. The van der Waals surface area contributed by atoms with Crippen LogP contribution in [0, 0.1) is 5.82 Å². The van der Waals surface area contributed by atoms with Crippen LogP contribution in [0.3, 0.4) is 0 Å². The smallest absolute Gasteiger partial charge is 0.251 e. The number of nitrogens with one attached hydrogen (secondary N) is 2. The molecule has 0 aliphatic rings. The van der Waals surface area contributed by atoms with Gasteiger partial charge in [0.25, 0.3) is 5.56 Å². The van der Waals surface area contributed by atoms with E-state index in [1.54, 1.807) is 11.8 Å². The number of aromatic amines is 1. The molecule has 0 bridgehead atoms. The number of halogens is 1. The molecule has 0 aliphatic carbocycles. The van der Waals surface area contributed by atoms with Crippen LogP contribution in [0.2, 0.25) is 0 Å². The minimum atomic E-state index is -0.444. The van der Waals surface area contributed by atoms with E-state index in [0.717, 1.165) is 4.90 Å². The molecular weight excluding hydrogens is 409 g/mol. The summed E-state index contributed by atoms with van der Waals surface area (Å²) in [4.78, 5) is 32.9. The molecule has 1 atom stereocenters. The van der Waals surface area contributed by atoms with E-state index >= 15 is 0 Å². The largest absolute Gasteiger partial charge is 0.325 e. The highest BCUT2D eigenvalue weighted by Crippen LogP contribution is 2.25. The lowest BCUT2D eigenvalue weighted by Gasteiger charge is -2.14. The normalized spacial score (nSPS) is 11.8. The zero-order valence-corrected chi connectivity index (χ0v) is 17.4. The number of H-pyrrole nitrogens is 1. The van der Waals surface area contributed by atoms with Crippen molar-refractivity contribution in [3.63, 3.8) is 0 Å². The van der Waals surface area contributed by atoms with Crippen molar-refractivity contribution in [1.82, 2.24) is 9.97 Å². The Morgan fingerprint density at radius 3 is 2.59 bits per heavy atom. The third kappa shape index (κ3) is 6.47. The van der Waals surface area contributed by atoms with Gasteiger partial charge in [0.1, 0.15) is 5.82 Å². The summed E-state index contributed by atoms with van der Waals surface area (Å²) in [6, 6.07) is 16.9. The lowest BCUT2D eigenvalue weighted by atomic mass is 10.2. The number of amides is 1. The fraction of sp³-hybridized carbons (Fsp3) is 0.190. The fourth-order valence-electron chi connectivity index (χ4n) is 2.50. The van der Waals surface area contributed by atoms with Gasteiger partial charge in [-0.05, 0) is 42.8 Å². The van der Waals surface area contributed by atoms with Crippen LogP contribution < -0.4 is 10.9 Å². The SMILES string of the molecule is CCC(Sc1nc(CSc2ccccc2)cc(=O)[nH]1)C(=O)Nc1ccc(F)cc1. The summed E-state index contributed by atoms with van der Waals surface area (Å²) >= 11 is 2.80. The molecule has 0 spiro atoms. The van der Waals surface area contributed by atoms with E-state index in [1.165, 1.54) is 42.1 Å². The predicted octanol–water partition coefficient (Wildman–Crippen LogP) is 4.71. The topological polar surface area (TPSA) is 74.8 Å². The number of hydrogen-bond acceptors (Lipinski definition) is 5. The molecule has 0 saturated carbocycles. The summed E-state index contributed by atoms with van der Waals surface area (Å²) in [5, 5.41) is 2.73. The van der Waals surface area contributed by atoms with Crippen molar-refractivity contribution in [2.45, 2.75) is 34.4 Å². The van der Waals surface area contributed by atoms with Gasteiger partial charge in [0.15, 0.2) is 5.16 Å². The van der Waals surface area contributed by atoms with E-state index < -0.39 is 5.25 Å². The Morgan fingerprint density at radius 2 is 1.90 bits per heavy atom. The first-order chi connectivity index (χ1) is 14.0.